The van der Waals surface area contributed by atoms with Gasteiger partial charge in [-0.25, -0.2) is 14.6 Å². The zero-order chi connectivity index (χ0) is 15.7. The van der Waals surface area contributed by atoms with Crippen LogP contribution in [0.3, 0.4) is 0 Å². The van der Waals surface area contributed by atoms with Crippen LogP contribution in [0.1, 0.15) is 13.8 Å². The first kappa shape index (κ1) is 15.1. The summed E-state index contributed by atoms with van der Waals surface area (Å²) in [5.41, 5.74) is 0.661. The van der Waals surface area contributed by atoms with Crippen LogP contribution in [-0.4, -0.2) is 56.4 Å². The van der Waals surface area contributed by atoms with Gasteiger partial charge in [0.15, 0.2) is 5.65 Å². The first-order valence-electron chi connectivity index (χ1n) is 7.23. The maximum atomic E-state index is 11.5. The second-order valence-corrected chi connectivity index (χ2v) is 6.81. The lowest BCUT2D eigenvalue weighted by Crippen LogP contribution is -2.45. The maximum Gasteiger partial charge on any atom is 0.327 e. The zero-order valence-corrected chi connectivity index (χ0v) is 13.7. The van der Waals surface area contributed by atoms with Gasteiger partial charge < -0.3 is 9.64 Å². The molecule has 2 aromatic rings. The van der Waals surface area contributed by atoms with Crippen LogP contribution in [0.25, 0.3) is 11.0 Å². The Morgan fingerprint density at radius 3 is 3.05 bits per heavy atom. The summed E-state index contributed by atoms with van der Waals surface area (Å²) in [5.74, 6) is 1.62. The number of esters is 1. The van der Waals surface area contributed by atoms with Gasteiger partial charge in [0, 0.05) is 23.6 Å². The van der Waals surface area contributed by atoms with Crippen molar-refractivity contribution in [3.63, 3.8) is 0 Å². The van der Waals surface area contributed by atoms with Crippen molar-refractivity contribution in [3.05, 3.63) is 12.5 Å². The molecule has 1 fully saturated rings. The van der Waals surface area contributed by atoms with Gasteiger partial charge in [-0.05, 0) is 6.92 Å². The van der Waals surface area contributed by atoms with Gasteiger partial charge in [0.1, 0.15) is 18.7 Å². The quantitative estimate of drug-likeness (QED) is 0.790. The van der Waals surface area contributed by atoms with E-state index < -0.39 is 0 Å². The van der Waals surface area contributed by atoms with E-state index >= 15 is 0 Å². The van der Waals surface area contributed by atoms with E-state index in [1.807, 2.05) is 11.8 Å². The summed E-state index contributed by atoms with van der Waals surface area (Å²) >= 11 is 1.98. The van der Waals surface area contributed by atoms with Crippen LogP contribution in [0.4, 0.5) is 5.82 Å². The van der Waals surface area contributed by atoms with Crippen molar-refractivity contribution in [1.82, 2.24) is 19.7 Å². The van der Waals surface area contributed by atoms with Crippen LogP contribution in [0, 0.1) is 0 Å². The van der Waals surface area contributed by atoms with Crippen molar-refractivity contribution in [2.24, 2.45) is 0 Å². The molecule has 118 valence electrons. The van der Waals surface area contributed by atoms with Crippen LogP contribution >= 0.6 is 11.8 Å². The lowest BCUT2D eigenvalue weighted by atomic mass is 10.2. The van der Waals surface area contributed by atoms with Gasteiger partial charge >= 0.3 is 5.97 Å². The average molecular weight is 321 g/mol. The summed E-state index contributed by atoms with van der Waals surface area (Å²) in [7, 11) is 1.36. The Morgan fingerprint density at radius 1 is 1.45 bits per heavy atom. The Kier molecular flexibility index (Phi) is 4.19. The minimum atomic E-state index is -0.346. The molecule has 0 amide bonds. The smallest absolute Gasteiger partial charge is 0.327 e. The van der Waals surface area contributed by atoms with Gasteiger partial charge in [-0.2, -0.15) is 16.9 Å². The first-order valence-corrected chi connectivity index (χ1v) is 8.28. The highest BCUT2D eigenvalue weighted by atomic mass is 32.2. The lowest BCUT2D eigenvalue weighted by Gasteiger charge is -2.38. The Morgan fingerprint density at radius 2 is 2.27 bits per heavy atom. The molecule has 2 aromatic heterocycles. The second-order valence-electron chi connectivity index (χ2n) is 5.32. The topological polar surface area (TPSA) is 73.1 Å². The maximum absolute atomic E-state index is 11.5. The van der Waals surface area contributed by atoms with Crippen LogP contribution in [-0.2, 0) is 16.1 Å². The minimum Gasteiger partial charge on any atom is -0.468 e. The number of hydrogen-bond acceptors (Lipinski definition) is 7. The van der Waals surface area contributed by atoms with E-state index in [0.717, 1.165) is 23.5 Å². The standard InChI is InChI=1S/C14H19N5O2S/c1-9-10(2)22-5-4-18(9)13-11-6-17-19(7-12(20)21-3)14(11)16-8-15-13/h6,8-10H,4-5,7H2,1-3H3. The summed E-state index contributed by atoms with van der Waals surface area (Å²) in [5, 5.41) is 5.68. The molecular weight excluding hydrogens is 302 g/mol. The normalized spacial score (nSPS) is 22.0. The number of anilines is 1. The minimum absolute atomic E-state index is 0.0538. The van der Waals surface area contributed by atoms with Gasteiger partial charge in [-0.1, -0.05) is 6.92 Å². The molecule has 2 atom stereocenters. The first-order chi connectivity index (χ1) is 10.6. The van der Waals surface area contributed by atoms with E-state index in [9.17, 15) is 4.79 Å². The zero-order valence-electron chi connectivity index (χ0n) is 12.9. The van der Waals surface area contributed by atoms with Crippen molar-refractivity contribution >= 4 is 34.6 Å². The Labute approximate surface area is 133 Å². The molecule has 0 saturated carbocycles. The summed E-state index contributed by atoms with van der Waals surface area (Å²) in [6, 6.07) is 0.390. The van der Waals surface area contributed by atoms with Crippen molar-refractivity contribution in [2.75, 3.05) is 24.3 Å². The number of methoxy groups -OCH3 is 1. The predicted octanol–water partition coefficient (Wildman–Crippen LogP) is 1.33. The van der Waals surface area contributed by atoms with Crippen molar-refractivity contribution in [1.29, 1.82) is 0 Å². The molecule has 1 saturated heterocycles. The summed E-state index contributed by atoms with van der Waals surface area (Å²) in [6.07, 6.45) is 3.26. The van der Waals surface area contributed by atoms with Crippen LogP contribution < -0.4 is 4.90 Å². The number of carbonyl (C=O) groups is 1. The molecule has 0 N–H and O–H groups in total. The third kappa shape index (κ3) is 2.63. The van der Waals surface area contributed by atoms with E-state index in [2.05, 4.69) is 33.8 Å². The number of carbonyl (C=O) groups excluding carboxylic acids is 1. The number of thioether (sulfide) groups is 1. The Hall–Kier alpha value is -1.83. The predicted molar refractivity (Wildman–Crippen MR) is 86.1 cm³/mol. The molecule has 0 bridgehead atoms. The number of nitrogens with zero attached hydrogens (tertiary/aromatic N) is 5. The fraction of sp³-hybridized carbons (Fsp3) is 0.571. The number of fused-ring (bicyclic) bond motifs is 1. The third-order valence-electron chi connectivity index (χ3n) is 4.08. The molecular formula is C14H19N5O2S. The highest BCUT2D eigenvalue weighted by Crippen LogP contribution is 2.31. The van der Waals surface area contributed by atoms with Crippen LogP contribution in [0.2, 0.25) is 0 Å². The highest BCUT2D eigenvalue weighted by molar-refractivity contribution is 8.00. The average Bonchev–Trinajstić information content (AvgIpc) is 2.93. The molecule has 7 nitrogen and oxygen atoms in total. The summed E-state index contributed by atoms with van der Waals surface area (Å²) in [4.78, 5) is 22.5. The van der Waals surface area contributed by atoms with Gasteiger partial charge in [-0.15, -0.1) is 0 Å². The molecule has 8 heteroatoms. The summed E-state index contributed by atoms with van der Waals surface area (Å²) in [6.45, 7) is 5.45. The van der Waals surface area contributed by atoms with E-state index in [-0.39, 0.29) is 12.5 Å². The number of rotatable bonds is 3. The van der Waals surface area contributed by atoms with E-state index in [4.69, 9.17) is 4.74 Å². The lowest BCUT2D eigenvalue weighted by molar-refractivity contribution is -0.141. The molecule has 0 aliphatic carbocycles. The molecule has 2 unspecified atom stereocenters. The van der Waals surface area contributed by atoms with Gasteiger partial charge in [0.2, 0.25) is 0 Å². The summed E-state index contributed by atoms with van der Waals surface area (Å²) < 4.78 is 6.25. The highest BCUT2D eigenvalue weighted by Gasteiger charge is 2.28. The van der Waals surface area contributed by atoms with Crippen molar-refractivity contribution < 1.29 is 9.53 Å². The number of hydrogen-bond donors (Lipinski definition) is 0. The largest absolute Gasteiger partial charge is 0.468 e. The monoisotopic (exact) mass is 321 g/mol. The fourth-order valence-corrected chi connectivity index (χ4v) is 3.74. The van der Waals surface area contributed by atoms with Gasteiger partial charge in [0.05, 0.1) is 18.7 Å². The SMILES string of the molecule is COC(=O)Cn1ncc2c(N3CCSC(C)C3C)ncnc21. The van der Waals surface area contributed by atoms with Crippen LogP contribution in [0.5, 0.6) is 0 Å². The Bertz CT molecular complexity index is 689. The van der Waals surface area contributed by atoms with Crippen molar-refractivity contribution in [3.8, 4) is 0 Å². The molecule has 0 aromatic carbocycles. The van der Waals surface area contributed by atoms with Gasteiger partial charge in [0.25, 0.3) is 0 Å². The second kappa shape index (κ2) is 6.12. The third-order valence-corrected chi connectivity index (χ3v) is 5.41. The number of ether oxygens (including phenoxy) is 1. The molecule has 3 rings (SSSR count). The van der Waals surface area contributed by atoms with E-state index in [1.165, 1.54) is 13.4 Å². The molecule has 0 radical (unpaired) electrons. The van der Waals surface area contributed by atoms with Crippen molar-refractivity contribution in [2.45, 2.75) is 31.7 Å². The Balaban J connectivity index is 1.99. The van der Waals surface area contributed by atoms with E-state index in [0.29, 0.717) is 16.9 Å². The number of aromatic nitrogens is 4. The molecule has 1 aliphatic rings. The fourth-order valence-electron chi connectivity index (χ4n) is 2.64. The van der Waals surface area contributed by atoms with Crippen LogP contribution in [0.15, 0.2) is 12.5 Å². The molecule has 3 heterocycles. The molecule has 0 spiro atoms. The van der Waals surface area contributed by atoms with Gasteiger partial charge in [-0.3, -0.25) is 4.79 Å². The van der Waals surface area contributed by atoms with E-state index in [1.54, 1.807) is 10.9 Å². The molecule has 22 heavy (non-hydrogen) atoms. The molecule has 1 aliphatic heterocycles.